The molecule has 0 amide bonds. The molecule has 2 aromatic carbocycles. The number of nitrogens with one attached hydrogen (secondary N) is 1. The normalized spacial score (nSPS) is 10.7. The summed E-state index contributed by atoms with van der Waals surface area (Å²) < 4.78 is 5.48. The van der Waals surface area contributed by atoms with E-state index in [1.807, 2.05) is 0 Å². The highest BCUT2D eigenvalue weighted by atomic mass is 35.5. The van der Waals surface area contributed by atoms with E-state index in [1.54, 1.807) is 24.3 Å². The Hall–Kier alpha value is -2.57. The summed E-state index contributed by atoms with van der Waals surface area (Å²) in [6.07, 6.45) is 0. The zero-order chi connectivity index (χ0) is 16.6. The van der Waals surface area contributed by atoms with Gasteiger partial charge in [-0.3, -0.25) is 14.9 Å². The predicted octanol–water partition coefficient (Wildman–Crippen LogP) is 4.75. The molecule has 0 radical (unpaired) electrons. The minimum atomic E-state index is -0.780. The molecular formula is C15H8Cl2N2O4. The van der Waals surface area contributed by atoms with Gasteiger partial charge in [-0.25, -0.2) is 0 Å². The average Bonchev–Trinajstić information content (AvgIpc) is 2.49. The number of halogens is 2. The fraction of sp³-hybridized carbons (Fsp3) is 0. The van der Waals surface area contributed by atoms with E-state index in [4.69, 9.17) is 27.6 Å². The first-order valence-electron chi connectivity index (χ1n) is 6.39. The third-order valence-electron chi connectivity index (χ3n) is 3.12. The minimum Gasteiger partial charge on any atom is -0.434 e. The third-order valence-corrected chi connectivity index (χ3v) is 3.60. The van der Waals surface area contributed by atoms with E-state index < -0.39 is 16.0 Å². The van der Waals surface area contributed by atoms with Crippen LogP contribution in [0.3, 0.4) is 0 Å². The number of nitrogens with zero attached hydrogens (tertiary/aromatic N) is 1. The number of anilines is 2. The van der Waals surface area contributed by atoms with Crippen LogP contribution in [0, 0.1) is 10.1 Å². The summed E-state index contributed by atoms with van der Waals surface area (Å²) in [6.45, 7) is 0. The topological polar surface area (TPSA) is 85.4 Å². The molecule has 0 unspecified atom stereocenters. The molecule has 0 saturated heterocycles. The van der Waals surface area contributed by atoms with Crippen LogP contribution in [0.4, 0.5) is 17.3 Å². The Labute approximate surface area is 139 Å². The maximum Gasteiger partial charge on any atom is 0.376 e. The van der Waals surface area contributed by atoms with Gasteiger partial charge in [0.15, 0.2) is 0 Å². The summed E-state index contributed by atoms with van der Waals surface area (Å²) in [5.41, 5.74) is -0.772. The Morgan fingerprint density at radius 1 is 1.04 bits per heavy atom. The second-order valence-corrected chi connectivity index (χ2v) is 5.51. The lowest BCUT2D eigenvalue weighted by Crippen LogP contribution is -2.11. The van der Waals surface area contributed by atoms with Gasteiger partial charge in [0, 0.05) is 21.8 Å². The van der Waals surface area contributed by atoms with Gasteiger partial charge >= 0.3 is 5.69 Å². The van der Waals surface area contributed by atoms with Gasteiger partial charge in [-0.2, -0.15) is 0 Å². The van der Waals surface area contributed by atoms with Gasteiger partial charge < -0.3 is 9.73 Å². The molecule has 23 heavy (non-hydrogen) atoms. The van der Waals surface area contributed by atoms with Crippen LogP contribution in [0.2, 0.25) is 10.0 Å². The highest BCUT2D eigenvalue weighted by molar-refractivity contribution is 6.31. The molecule has 3 aromatic rings. The van der Waals surface area contributed by atoms with Gasteiger partial charge in [0.1, 0.15) is 5.58 Å². The van der Waals surface area contributed by atoms with Crippen molar-refractivity contribution in [3.05, 3.63) is 72.8 Å². The second kappa shape index (κ2) is 5.91. The number of hydrogen-bond acceptors (Lipinski definition) is 5. The van der Waals surface area contributed by atoms with Crippen molar-refractivity contribution >= 4 is 51.4 Å². The maximum absolute atomic E-state index is 12.3. The van der Waals surface area contributed by atoms with Gasteiger partial charge in [0.05, 0.1) is 10.3 Å². The van der Waals surface area contributed by atoms with Gasteiger partial charge in [0.25, 0.3) is 11.3 Å². The van der Waals surface area contributed by atoms with Crippen molar-refractivity contribution < 1.29 is 9.34 Å². The Balaban J connectivity index is 2.21. The average molecular weight is 351 g/mol. The molecule has 1 heterocycles. The van der Waals surface area contributed by atoms with E-state index in [1.165, 1.54) is 18.2 Å². The van der Waals surface area contributed by atoms with Gasteiger partial charge in [0.2, 0.25) is 0 Å². The van der Waals surface area contributed by atoms with Crippen molar-refractivity contribution in [3.63, 3.8) is 0 Å². The molecule has 0 saturated carbocycles. The Bertz CT molecular complexity index is 968. The molecule has 0 spiro atoms. The first-order chi connectivity index (χ1) is 11.0. The number of fused-ring (bicyclic) bond motifs is 1. The molecule has 0 fully saturated rings. The minimum absolute atomic E-state index is 0.0859. The van der Waals surface area contributed by atoms with Crippen LogP contribution in [0.5, 0.6) is 0 Å². The molecule has 1 N–H and O–H groups in total. The maximum atomic E-state index is 12.3. The molecule has 0 aliphatic heterocycles. The molecule has 0 aliphatic carbocycles. The summed E-state index contributed by atoms with van der Waals surface area (Å²) in [5, 5.41) is 14.9. The predicted molar refractivity (Wildman–Crippen MR) is 88.9 cm³/mol. The highest BCUT2D eigenvalue weighted by Crippen LogP contribution is 2.30. The summed E-state index contributed by atoms with van der Waals surface area (Å²) in [5.74, 6) is -0.267. The summed E-state index contributed by atoms with van der Waals surface area (Å²) >= 11 is 11.7. The molecule has 8 heteroatoms. The van der Waals surface area contributed by atoms with E-state index >= 15 is 0 Å². The third kappa shape index (κ3) is 2.99. The van der Waals surface area contributed by atoms with Crippen LogP contribution < -0.4 is 10.7 Å². The van der Waals surface area contributed by atoms with Crippen molar-refractivity contribution in [3.8, 4) is 0 Å². The molecular weight excluding hydrogens is 343 g/mol. The van der Waals surface area contributed by atoms with Crippen LogP contribution in [0.1, 0.15) is 0 Å². The molecule has 116 valence electrons. The van der Waals surface area contributed by atoms with Crippen molar-refractivity contribution in [2.45, 2.75) is 0 Å². The Morgan fingerprint density at radius 3 is 2.35 bits per heavy atom. The number of nitro groups is 1. The van der Waals surface area contributed by atoms with Crippen LogP contribution in [-0.2, 0) is 0 Å². The van der Waals surface area contributed by atoms with E-state index in [0.29, 0.717) is 15.7 Å². The van der Waals surface area contributed by atoms with Gasteiger partial charge in [-0.15, -0.1) is 0 Å². The van der Waals surface area contributed by atoms with Crippen LogP contribution in [0.15, 0.2) is 51.7 Å². The summed E-state index contributed by atoms with van der Waals surface area (Å²) in [6, 6.07) is 10.7. The number of hydrogen-bond donors (Lipinski definition) is 1. The van der Waals surface area contributed by atoms with Crippen LogP contribution >= 0.6 is 23.2 Å². The number of rotatable bonds is 3. The Morgan fingerprint density at radius 2 is 1.70 bits per heavy atom. The SMILES string of the molecule is O=c1c([N+](=O)[O-])c(Nc2ccc(Cl)cc2)oc2cc(Cl)ccc12. The van der Waals surface area contributed by atoms with Gasteiger partial charge in [-0.1, -0.05) is 23.2 Å². The van der Waals surface area contributed by atoms with Crippen molar-refractivity contribution in [1.82, 2.24) is 0 Å². The zero-order valence-corrected chi connectivity index (χ0v) is 12.9. The second-order valence-electron chi connectivity index (χ2n) is 4.64. The fourth-order valence-corrected chi connectivity index (χ4v) is 2.36. The lowest BCUT2D eigenvalue weighted by atomic mass is 10.2. The van der Waals surface area contributed by atoms with E-state index in [9.17, 15) is 14.9 Å². The van der Waals surface area contributed by atoms with Crippen LogP contribution in [-0.4, -0.2) is 4.92 Å². The summed E-state index contributed by atoms with van der Waals surface area (Å²) in [7, 11) is 0. The monoisotopic (exact) mass is 350 g/mol. The van der Waals surface area contributed by atoms with E-state index in [-0.39, 0.29) is 16.9 Å². The summed E-state index contributed by atoms with van der Waals surface area (Å²) in [4.78, 5) is 22.8. The quantitative estimate of drug-likeness (QED) is 0.544. The van der Waals surface area contributed by atoms with Crippen LogP contribution in [0.25, 0.3) is 11.0 Å². The Kier molecular flexibility index (Phi) is 3.94. The van der Waals surface area contributed by atoms with E-state index in [2.05, 4.69) is 5.32 Å². The highest BCUT2D eigenvalue weighted by Gasteiger charge is 2.25. The molecule has 1 aromatic heterocycles. The molecule has 0 atom stereocenters. The standard InChI is InChI=1S/C15H8Cl2N2O4/c16-8-1-4-10(5-2-8)18-15-13(19(21)22)14(20)11-6-3-9(17)7-12(11)23-15/h1-7,18H. The first kappa shape index (κ1) is 15.3. The molecule has 6 nitrogen and oxygen atoms in total. The zero-order valence-electron chi connectivity index (χ0n) is 11.4. The molecule has 3 rings (SSSR count). The molecule has 0 aliphatic rings. The fourth-order valence-electron chi connectivity index (χ4n) is 2.07. The van der Waals surface area contributed by atoms with E-state index in [0.717, 1.165) is 0 Å². The first-order valence-corrected chi connectivity index (χ1v) is 7.14. The lowest BCUT2D eigenvalue weighted by Gasteiger charge is -2.07. The van der Waals surface area contributed by atoms with Crippen molar-refractivity contribution in [2.75, 3.05) is 5.32 Å². The van der Waals surface area contributed by atoms with Crippen molar-refractivity contribution in [1.29, 1.82) is 0 Å². The molecule has 0 bridgehead atoms. The smallest absolute Gasteiger partial charge is 0.376 e. The lowest BCUT2D eigenvalue weighted by molar-refractivity contribution is -0.385. The number of benzene rings is 2. The van der Waals surface area contributed by atoms with Gasteiger partial charge in [-0.05, 0) is 36.4 Å². The van der Waals surface area contributed by atoms with Crippen molar-refractivity contribution in [2.24, 2.45) is 0 Å². The largest absolute Gasteiger partial charge is 0.434 e.